The van der Waals surface area contributed by atoms with Gasteiger partial charge in [-0.2, -0.15) is 0 Å². The molecule has 24 heavy (non-hydrogen) atoms. The van der Waals surface area contributed by atoms with Crippen LogP contribution in [0.25, 0.3) is 0 Å². The molecule has 0 aromatic rings. The van der Waals surface area contributed by atoms with Gasteiger partial charge in [-0.1, -0.05) is 26.7 Å². The van der Waals surface area contributed by atoms with Gasteiger partial charge in [0.2, 0.25) is 0 Å². The van der Waals surface area contributed by atoms with Crippen LogP contribution < -0.4 is 5.73 Å². The summed E-state index contributed by atoms with van der Waals surface area (Å²) in [6.45, 7) is 6.97. The Labute approximate surface area is 149 Å². The van der Waals surface area contributed by atoms with Crippen molar-refractivity contribution in [2.24, 2.45) is 46.2 Å². The minimum Gasteiger partial charge on any atom is -0.333 e. The molecule has 4 saturated carbocycles. The van der Waals surface area contributed by atoms with Gasteiger partial charge in [0, 0.05) is 5.92 Å². The number of nitrogens with two attached hydrogens (primary N) is 1. The van der Waals surface area contributed by atoms with Crippen molar-refractivity contribution in [1.82, 2.24) is 0 Å². The lowest BCUT2D eigenvalue weighted by atomic mass is 9.45. The third kappa shape index (κ3) is 2.59. The summed E-state index contributed by atoms with van der Waals surface area (Å²) in [7, 11) is 1.50. The smallest absolute Gasteiger partial charge is 0.133 e. The number of hydrogen-bond donors (Lipinski definition) is 1. The van der Waals surface area contributed by atoms with Crippen molar-refractivity contribution in [1.29, 1.82) is 0 Å². The average Bonchev–Trinajstić information content (AvgIpc) is 2.93. The molecule has 0 amide bonds. The molecule has 0 aromatic heterocycles. The Morgan fingerprint density at radius 1 is 0.833 bits per heavy atom. The largest absolute Gasteiger partial charge is 0.333 e. The quantitative estimate of drug-likeness (QED) is 0.716. The molecule has 0 radical (unpaired) electrons. The predicted octanol–water partition coefficient (Wildman–Crippen LogP) is 5.20. The highest BCUT2D eigenvalue weighted by molar-refractivity contribution is 5.79. The summed E-state index contributed by atoms with van der Waals surface area (Å²) >= 11 is 0. The number of rotatable bonds is 1. The Hall–Kier alpha value is -0.370. The van der Waals surface area contributed by atoms with E-state index < -0.39 is 0 Å². The molecule has 0 saturated heterocycles. The SMILES string of the molecule is CC(=O)C1CCC2C3CCC4CCCCC4(C)C3CCC12C.CN. The van der Waals surface area contributed by atoms with Gasteiger partial charge in [0.1, 0.15) is 5.78 Å². The van der Waals surface area contributed by atoms with Crippen LogP contribution in [0.5, 0.6) is 0 Å². The van der Waals surface area contributed by atoms with Crippen molar-refractivity contribution in [3.05, 3.63) is 0 Å². The normalized spacial score (nSPS) is 50.0. The van der Waals surface area contributed by atoms with Gasteiger partial charge in [0.15, 0.2) is 0 Å². The maximum atomic E-state index is 12.2. The van der Waals surface area contributed by atoms with Crippen molar-refractivity contribution in [2.45, 2.75) is 85.0 Å². The van der Waals surface area contributed by atoms with Crippen LogP contribution in [-0.4, -0.2) is 12.8 Å². The minimum atomic E-state index is 0.338. The van der Waals surface area contributed by atoms with Crippen molar-refractivity contribution in [3.63, 3.8) is 0 Å². The van der Waals surface area contributed by atoms with Gasteiger partial charge in [-0.25, -0.2) is 0 Å². The zero-order valence-corrected chi connectivity index (χ0v) is 16.4. The summed E-state index contributed by atoms with van der Waals surface area (Å²) < 4.78 is 0. The maximum Gasteiger partial charge on any atom is 0.133 e. The Kier molecular flexibility index (Phi) is 5.17. The number of Topliss-reactive ketones (excluding diaryl/α,β-unsaturated/α-hetero) is 1. The van der Waals surface area contributed by atoms with Crippen LogP contribution in [0, 0.1) is 40.4 Å². The molecule has 2 N–H and O–H groups in total. The van der Waals surface area contributed by atoms with E-state index in [0.717, 1.165) is 23.7 Å². The molecular weight excluding hydrogens is 294 g/mol. The van der Waals surface area contributed by atoms with Gasteiger partial charge in [-0.3, -0.25) is 4.79 Å². The highest BCUT2D eigenvalue weighted by atomic mass is 16.1. The number of carbonyl (C=O) groups excluding carboxylic acids is 1. The van der Waals surface area contributed by atoms with Gasteiger partial charge in [-0.05, 0) is 99.8 Å². The van der Waals surface area contributed by atoms with Gasteiger partial charge in [0.25, 0.3) is 0 Å². The molecule has 0 bridgehead atoms. The average molecular weight is 334 g/mol. The fraction of sp³-hybridized carbons (Fsp3) is 0.955. The van der Waals surface area contributed by atoms with Crippen LogP contribution in [0.1, 0.15) is 85.0 Å². The van der Waals surface area contributed by atoms with Gasteiger partial charge in [-0.15, -0.1) is 0 Å². The van der Waals surface area contributed by atoms with Crippen LogP contribution >= 0.6 is 0 Å². The second kappa shape index (κ2) is 6.74. The number of fused-ring (bicyclic) bond motifs is 5. The summed E-state index contributed by atoms with van der Waals surface area (Å²) in [5, 5.41) is 0. The summed E-state index contributed by atoms with van der Waals surface area (Å²) in [6.07, 6.45) is 14.1. The van der Waals surface area contributed by atoms with E-state index in [0.29, 0.717) is 22.5 Å². The monoisotopic (exact) mass is 333 g/mol. The van der Waals surface area contributed by atoms with Crippen LogP contribution in [0.4, 0.5) is 0 Å². The summed E-state index contributed by atoms with van der Waals surface area (Å²) in [5.41, 5.74) is 5.47. The first-order chi connectivity index (χ1) is 11.5. The third-order valence-corrected chi connectivity index (χ3v) is 9.07. The lowest BCUT2D eigenvalue weighted by molar-refractivity contribution is -0.133. The zero-order valence-electron chi connectivity index (χ0n) is 16.4. The fourth-order valence-electron chi connectivity index (χ4n) is 7.96. The second-order valence-corrected chi connectivity index (χ2v) is 9.69. The second-order valence-electron chi connectivity index (χ2n) is 9.69. The van der Waals surface area contributed by atoms with Crippen LogP contribution in [-0.2, 0) is 4.79 Å². The number of hydrogen-bond acceptors (Lipinski definition) is 2. The van der Waals surface area contributed by atoms with E-state index in [1.54, 1.807) is 0 Å². The van der Waals surface area contributed by atoms with Crippen molar-refractivity contribution in [2.75, 3.05) is 7.05 Å². The molecule has 4 aliphatic rings. The Bertz CT molecular complexity index is 475. The molecule has 7 unspecified atom stereocenters. The summed E-state index contributed by atoms with van der Waals surface area (Å²) in [6, 6.07) is 0. The molecule has 0 heterocycles. The summed E-state index contributed by atoms with van der Waals surface area (Å²) in [4.78, 5) is 12.2. The van der Waals surface area contributed by atoms with E-state index in [-0.39, 0.29) is 0 Å². The van der Waals surface area contributed by atoms with Crippen LogP contribution in [0.2, 0.25) is 0 Å². The highest BCUT2D eigenvalue weighted by Crippen LogP contribution is 2.67. The molecular formula is C22H39NO. The predicted molar refractivity (Wildman–Crippen MR) is 101 cm³/mol. The maximum absolute atomic E-state index is 12.2. The number of carbonyl (C=O) groups is 1. The molecule has 2 heteroatoms. The van der Waals surface area contributed by atoms with Gasteiger partial charge in [0.05, 0.1) is 0 Å². The molecule has 4 aliphatic carbocycles. The minimum absolute atomic E-state index is 0.338. The van der Waals surface area contributed by atoms with E-state index >= 15 is 0 Å². The number of ketones is 1. The molecule has 2 nitrogen and oxygen atoms in total. The molecule has 0 spiro atoms. The van der Waals surface area contributed by atoms with Crippen LogP contribution in [0.3, 0.4) is 0 Å². The van der Waals surface area contributed by atoms with Crippen molar-refractivity contribution >= 4 is 5.78 Å². The highest BCUT2D eigenvalue weighted by Gasteiger charge is 2.60. The van der Waals surface area contributed by atoms with E-state index in [2.05, 4.69) is 19.6 Å². The molecule has 0 aliphatic heterocycles. The third-order valence-electron chi connectivity index (χ3n) is 9.07. The van der Waals surface area contributed by atoms with E-state index in [9.17, 15) is 4.79 Å². The Balaban J connectivity index is 0.000000815. The Morgan fingerprint density at radius 3 is 2.25 bits per heavy atom. The lowest BCUT2D eigenvalue weighted by Gasteiger charge is -2.60. The van der Waals surface area contributed by atoms with E-state index in [4.69, 9.17) is 0 Å². The molecule has 4 fully saturated rings. The lowest BCUT2D eigenvalue weighted by Crippen LogP contribution is -2.53. The first-order valence-corrected chi connectivity index (χ1v) is 10.5. The summed E-state index contributed by atoms with van der Waals surface area (Å²) in [5.74, 6) is 4.60. The first kappa shape index (κ1) is 18.4. The molecule has 7 atom stereocenters. The van der Waals surface area contributed by atoms with E-state index in [1.165, 1.54) is 71.3 Å². The van der Waals surface area contributed by atoms with Crippen molar-refractivity contribution in [3.8, 4) is 0 Å². The standard InChI is InChI=1S/C21H34O.CH5N/c1-14(22)17-9-10-18-16-8-7-15-6-4-5-12-20(15,2)19(16)11-13-21(17,18)3;1-2/h15-19H,4-13H2,1-3H3;2H2,1H3. The first-order valence-electron chi connectivity index (χ1n) is 10.5. The molecule has 138 valence electrons. The fourth-order valence-corrected chi connectivity index (χ4v) is 7.96. The molecule has 0 aromatic carbocycles. The topological polar surface area (TPSA) is 43.1 Å². The van der Waals surface area contributed by atoms with Gasteiger partial charge >= 0.3 is 0 Å². The van der Waals surface area contributed by atoms with Gasteiger partial charge < -0.3 is 5.73 Å². The van der Waals surface area contributed by atoms with Crippen molar-refractivity contribution < 1.29 is 4.79 Å². The Morgan fingerprint density at radius 2 is 1.54 bits per heavy atom. The molecule has 4 rings (SSSR count). The van der Waals surface area contributed by atoms with Crippen LogP contribution in [0.15, 0.2) is 0 Å². The zero-order chi connectivity index (χ0) is 17.5. The van der Waals surface area contributed by atoms with E-state index in [1.807, 2.05) is 6.92 Å².